The van der Waals surface area contributed by atoms with Crippen LogP contribution in [0.5, 0.6) is 0 Å². The number of nitrogens with zero attached hydrogens (tertiary/aromatic N) is 2. The third-order valence-electron chi connectivity index (χ3n) is 3.99. The zero-order chi connectivity index (χ0) is 16.6. The Hall–Kier alpha value is -2.47. The van der Waals surface area contributed by atoms with Crippen molar-refractivity contribution < 1.29 is 9.50 Å². The number of aliphatic hydroxyl groups is 1. The van der Waals surface area contributed by atoms with Gasteiger partial charge < -0.3 is 5.11 Å². The molecule has 5 nitrogen and oxygen atoms in total. The van der Waals surface area contributed by atoms with Crippen LogP contribution in [0.4, 0.5) is 4.39 Å². The Morgan fingerprint density at radius 1 is 1.39 bits per heavy atom. The highest BCUT2D eigenvalue weighted by atomic mass is 19.1. The van der Waals surface area contributed by atoms with Gasteiger partial charge in [0.2, 0.25) is 0 Å². The van der Waals surface area contributed by atoms with Crippen molar-refractivity contribution in [1.82, 2.24) is 14.5 Å². The Morgan fingerprint density at radius 3 is 2.87 bits per heavy atom. The zero-order valence-corrected chi connectivity index (χ0v) is 13.0. The highest BCUT2D eigenvalue weighted by molar-refractivity contribution is 5.79. The molecule has 0 aliphatic heterocycles. The lowest BCUT2D eigenvalue weighted by Crippen LogP contribution is -2.24. The lowest BCUT2D eigenvalue weighted by Gasteiger charge is -2.10. The van der Waals surface area contributed by atoms with E-state index in [1.54, 1.807) is 12.3 Å². The number of imidazole rings is 1. The van der Waals surface area contributed by atoms with Gasteiger partial charge in [-0.2, -0.15) is 0 Å². The van der Waals surface area contributed by atoms with E-state index in [4.69, 9.17) is 0 Å². The quantitative estimate of drug-likeness (QED) is 0.777. The van der Waals surface area contributed by atoms with Crippen LogP contribution in [0.25, 0.3) is 22.3 Å². The van der Waals surface area contributed by atoms with Crippen LogP contribution in [-0.4, -0.2) is 25.7 Å². The molecule has 1 atom stereocenters. The van der Waals surface area contributed by atoms with Gasteiger partial charge in [0.15, 0.2) is 5.65 Å². The third-order valence-corrected chi connectivity index (χ3v) is 3.99. The van der Waals surface area contributed by atoms with Crippen molar-refractivity contribution in [3.05, 3.63) is 52.3 Å². The fraction of sp³-hybridized carbons (Fsp3) is 0.294. The zero-order valence-electron chi connectivity index (χ0n) is 13.0. The molecule has 1 unspecified atom stereocenters. The molecule has 0 aliphatic rings. The monoisotopic (exact) mass is 315 g/mol. The fourth-order valence-corrected chi connectivity index (χ4v) is 2.65. The number of pyridine rings is 1. The summed E-state index contributed by atoms with van der Waals surface area (Å²) in [5.41, 5.74) is 3.26. The maximum atomic E-state index is 13.3. The molecule has 2 heterocycles. The molecular weight excluding hydrogens is 297 g/mol. The van der Waals surface area contributed by atoms with E-state index in [2.05, 4.69) is 9.97 Å². The summed E-state index contributed by atoms with van der Waals surface area (Å²) in [7, 11) is 0. The molecule has 6 heteroatoms. The van der Waals surface area contributed by atoms with Crippen molar-refractivity contribution in [2.75, 3.05) is 0 Å². The molecule has 0 spiro atoms. The molecule has 0 fully saturated rings. The second-order valence-corrected chi connectivity index (χ2v) is 5.65. The minimum atomic E-state index is -0.595. The van der Waals surface area contributed by atoms with Crippen molar-refractivity contribution >= 4 is 11.2 Å². The van der Waals surface area contributed by atoms with E-state index in [-0.39, 0.29) is 18.1 Å². The minimum absolute atomic E-state index is 0.211. The Balaban J connectivity index is 2.14. The summed E-state index contributed by atoms with van der Waals surface area (Å²) in [5, 5.41) is 9.84. The lowest BCUT2D eigenvalue weighted by atomic mass is 10.0. The molecule has 0 radical (unpaired) electrons. The van der Waals surface area contributed by atoms with Gasteiger partial charge in [-0.25, -0.2) is 14.2 Å². The third kappa shape index (κ3) is 2.90. The molecule has 1 aromatic carbocycles. The number of hydrogen-bond donors (Lipinski definition) is 2. The predicted octanol–water partition coefficient (Wildman–Crippen LogP) is 2.61. The van der Waals surface area contributed by atoms with Crippen LogP contribution in [0.15, 0.2) is 35.3 Å². The van der Waals surface area contributed by atoms with Crippen molar-refractivity contribution in [3.63, 3.8) is 0 Å². The number of aromatic nitrogens is 3. The van der Waals surface area contributed by atoms with E-state index < -0.39 is 6.10 Å². The molecule has 0 saturated carbocycles. The van der Waals surface area contributed by atoms with Crippen LogP contribution in [0.2, 0.25) is 0 Å². The number of aliphatic hydroxyl groups excluding tert-OH is 1. The van der Waals surface area contributed by atoms with Gasteiger partial charge in [-0.05, 0) is 42.7 Å². The fourth-order valence-electron chi connectivity index (χ4n) is 2.65. The summed E-state index contributed by atoms with van der Waals surface area (Å²) in [6.45, 7) is 3.90. The molecule has 3 rings (SSSR count). The van der Waals surface area contributed by atoms with E-state index in [0.717, 1.165) is 16.7 Å². The smallest absolute Gasteiger partial charge is 0.327 e. The Bertz CT molecular complexity index is 914. The predicted molar refractivity (Wildman–Crippen MR) is 86.8 cm³/mol. The first kappa shape index (κ1) is 15.4. The number of hydrogen-bond acceptors (Lipinski definition) is 3. The maximum Gasteiger partial charge on any atom is 0.327 e. The molecule has 23 heavy (non-hydrogen) atoms. The summed E-state index contributed by atoms with van der Waals surface area (Å²) in [6.07, 6.45) is 1.62. The molecular formula is C17H18FN3O2. The van der Waals surface area contributed by atoms with Gasteiger partial charge >= 0.3 is 5.69 Å². The van der Waals surface area contributed by atoms with Crippen LogP contribution >= 0.6 is 0 Å². The number of nitrogens with one attached hydrogen (secondary N) is 1. The number of aryl methyl sites for hydroxylation is 1. The normalized spacial score (nSPS) is 12.7. The van der Waals surface area contributed by atoms with E-state index in [9.17, 15) is 14.3 Å². The number of aromatic amines is 1. The van der Waals surface area contributed by atoms with Gasteiger partial charge in [-0.1, -0.05) is 13.0 Å². The molecule has 2 N–H and O–H groups in total. The van der Waals surface area contributed by atoms with Gasteiger partial charge in [0, 0.05) is 11.8 Å². The van der Waals surface area contributed by atoms with E-state index in [1.165, 1.54) is 16.7 Å². The molecule has 2 aromatic heterocycles. The Kier molecular flexibility index (Phi) is 4.00. The standard InChI is InChI=1S/C17H18FN3O2/c1-3-13(22)9-21-15-7-11(8-19-16(15)20-17(21)23)14-5-4-12(18)6-10(14)2/h4-8,13,22H,3,9H2,1-2H3,(H,19,20,23). The van der Waals surface area contributed by atoms with Crippen molar-refractivity contribution in [2.45, 2.75) is 32.9 Å². The van der Waals surface area contributed by atoms with Crippen molar-refractivity contribution in [2.24, 2.45) is 0 Å². The number of benzene rings is 1. The summed E-state index contributed by atoms with van der Waals surface area (Å²) in [4.78, 5) is 19.0. The average Bonchev–Trinajstić information content (AvgIpc) is 2.82. The first-order valence-electron chi connectivity index (χ1n) is 7.52. The molecule has 120 valence electrons. The average molecular weight is 315 g/mol. The molecule has 0 bridgehead atoms. The van der Waals surface area contributed by atoms with Crippen LogP contribution in [0.1, 0.15) is 18.9 Å². The number of rotatable bonds is 4. The maximum absolute atomic E-state index is 13.3. The first-order chi connectivity index (χ1) is 11.0. The van der Waals surface area contributed by atoms with Crippen LogP contribution < -0.4 is 5.69 Å². The second-order valence-electron chi connectivity index (χ2n) is 5.65. The summed E-state index contributed by atoms with van der Waals surface area (Å²) in [5.74, 6) is -0.287. The van der Waals surface area contributed by atoms with Crippen LogP contribution in [0.3, 0.4) is 0 Å². The summed E-state index contributed by atoms with van der Waals surface area (Å²) < 4.78 is 14.8. The minimum Gasteiger partial charge on any atom is -0.391 e. The molecule has 3 aromatic rings. The van der Waals surface area contributed by atoms with Gasteiger partial charge in [-0.3, -0.25) is 9.55 Å². The second kappa shape index (κ2) is 5.96. The number of H-pyrrole nitrogens is 1. The van der Waals surface area contributed by atoms with Crippen molar-refractivity contribution in [3.8, 4) is 11.1 Å². The Morgan fingerprint density at radius 2 is 2.17 bits per heavy atom. The summed E-state index contributed by atoms with van der Waals surface area (Å²) >= 11 is 0. The SMILES string of the molecule is CCC(O)Cn1c(=O)[nH]c2ncc(-c3ccc(F)cc3C)cc21. The van der Waals surface area contributed by atoms with Gasteiger partial charge in [0.05, 0.1) is 18.2 Å². The van der Waals surface area contributed by atoms with Crippen LogP contribution in [-0.2, 0) is 6.54 Å². The number of fused-ring (bicyclic) bond motifs is 1. The largest absolute Gasteiger partial charge is 0.391 e. The van der Waals surface area contributed by atoms with Gasteiger partial charge in [0.1, 0.15) is 5.82 Å². The molecule has 0 aliphatic carbocycles. The molecule has 0 amide bonds. The topological polar surface area (TPSA) is 70.9 Å². The first-order valence-corrected chi connectivity index (χ1v) is 7.52. The Labute approximate surface area is 132 Å². The highest BCUT2D eigenvalue weighted by Crippen LogP contribution is 2.25. The number of halogens is 1. The van der Waals surface area contributed by atoms with Gasteiger partial charge in [-0.15, -0.1) is 0 Å². The van der Waals surface area contributed by atoms with Crippen molar-refractivity contribution in [1.29, 1.82) is 0 Å². The lowest BCUT2D eigenvalue weighted by molar-refractivity contribution is 0.150. The van der Waals surface area contributed by atoms with E-state index >= 15 is 0 Å². The van der Waals surface area contributed by atoms with Gasteiger partial charge in [0.25, 0.3) is 0 Å². The van der Waals surface area contributed by atoms with E-state index in [1.807, 2.05) is 19.9 Å². The summed E-state index contributed by atoms with van der Waals surface area (Å²) in [6, 6.07) is 6.40. The highest BCUT2D eigenvalue weighted by Gasteiger charge is 2.13. The molecule has 0 saturated heterocycles. The van der Waals surface area contributed by atoms with E-state index in [0.29, 0.717) is 17.6 Å². The van der Waals surface area contributed by atoms with Crippen LogP contribution in [0, 0.1) is 12.7 Å².